The Morgan fingerprint density at radius 1 is 1.14 bits per heavy atom. The number of carbonyl (C=O) groups is 4. The standard InChI is InChI=1S/C32H44N4O6/c1-9-25-16-24-15-22(12-13-23(24)18-33-25)21(5)41-31(40)27-11-10-14-36(35-27)30(39)20(4)34-29(38)26(19(2)3)17-28(37)42-32(6,7)8/h9,12-13,15-16,18-21,26-27,35H,1,10-11,14,17H2,2-8H3,(H,34,38)/t20-,21+,26-,27-/m0/s1. The lowest BCUT2D eigenvalue weighted by Gasteiger charge is -2.35. The van der Waals surface area contributed by atoms with Crippen molar-refractivity contribution in [1.82, 2.24) is 20.7 Å². The van der Waals surface area contributed by atoms with Crippen LogP contribution in [0.4, 0.5) is 0 Å². The largest absolute Gasteiger partial charge is 0.460 e. The van der Waals surface area contributed by atoms with E-state index in [9.17, 15) is 19.2 Å². The number of ether oxygens (including phenoxy) is 2. The fourth-order valence-corrected chi connectivity index (χ4v) is 4.79. The molecule has 10 heteroatoms. The Morgan fingerprint density at radius 3 is 2.50 bits per heavy atom. The quantitative estimate of drug-likeness (QED) is 0.394. The first-order valence-electron chi connectivity index (χ1n) is 14.5. The summed E-state index contributed by atoms with van der Waals surface area (Å²) in [6.45, 7) is 16.5. The third kappa shape index (κ3) is 8.85. The van der Waals surface area contributed by atoms with Crippen LogP contribution in [0.1, 0.15) is 85.1 Å². The fraction of sp³-hybridized carbons (Fsp3) is 0.531. The highest BCUT2D eigenvalue weighted by Gasteiger charge is 2.34. The van der Waals surface area contributed by atoms with Crippen LogP contribution in [0.25, 0.3) is 16.8 Å². The second-order valence-corrected chi connectivity index (χ2v) is 12.2. The molecule has 1 aliphatic rings. The number of hydrazine groups is 1. The van der Waals surface area contributed by atoms with Gasteiger partial charge in [0, 0.05) is 18.1 Å². The summed E-state index contributed by atoms with van der Waals surface area (Å²) in [5.41, 5.74) is 3.92. The molecule has 0 spiro atoms. The van der Waals surface area contributed by atoms with Crippen molar-refractivity contribution >= 4 is 40.6 Å². The van der Waals surface area contributed by atoms with E-state index in [0.717, 1.165) is 22.0 Å². The maximum Gasteiger partial charge on any atom is 0.325 e. The summed E-state index contributed by atoms with van der Waals surface area (Å²) in [5, 5.41) is 6.04. The summed E-state index contributed by atoms with van der Waals surface area (Å²) in [7, 11) is 0. The number of aromatic nitrogens is 1. The second kappa shape index (κ2) is 13.9. The van der Waals surface area contributed by atoms with Crippen LogP contribution < -0.4 is 10.7 Å². The molecule has 0 aliphatic carbocycles. The number of nitrogens with zero attached hydrogens (tertiary/aromatic N) is 2. The molecule has 1 aromatic carbocycles. The average Bonchev–Trinajstić information content (AvgIpc) is 2.93. The number of nitrogens with one attached hydrogen (secondary N) is 2. The molecular weight excluding hydrogens is 536 g/mol. The van der Waals surface area contributed by atoms with Gasteiger partial charge < -0.3 is 14.8 Å². The molecule has 0 radical (unpaired) electrons. The minimum Gasteiger partial charge on any atom is -0.460 e. The molecule has 10 nitrogen and oxygen atoms in total. The zero-order chi connectivity index (χ0) is 31.2. The van der Waals surface area contributed by atoms with Crippen molar-refractivity contribution in [3.63, 3.8) is 0 Å². The monoisotopic (exact) mass is 580 g/mol. The van der Waals surface area contributed by atoms with Crippen LogP contribution in [0.3, 0.4) is 0 Å². The molecule has 0 saturated carbocycles. The molecule has 1 fully saturated rings. The highest BCUT2D eigenvalue weighted by molar-refractivity contribution is 5.90. The van der Waals surface area contributed by atoms with E-state index in [2.05, 4.69) is 22.3 Å². The molecule has 228 valence electrons. The average molecular weight is 581 g/mol. The van der Waals surface area contributed by atoms with Crippen LogP contribution in [0.2, 0.25) is 0 Å². The van der Waals surface area contributed by atoms with E-state index in [0.29, 0.717) is 19.4 Å². The van der Waals surface area contributed by atoms with Crippen molar-refractivity contribution in [3.05, 3.63) is 48.3 Å². The van der Waals surface area contributed by atoms with Gasteiger partial charge in [-0.15, -0.1) is 0 Å². The van der Waals surface area contributed by atoms with Crippen molar-refractivity contribution in [2.45, 2.75) is 91.5 Å². The van der Waals surface area contributed by atoms with Gasteiger partial charge in [0.1, 0.15) is 23.8 Å². The first-order valence-corrected chi connectivity index (χ1v) is 14.5. The Hall–Kier alpha value is -3.79. The van der Waals surface area contributed by atoms with Crippen LogP contribution in [0.15, 0.2) is 37.0 Å². The van der Waals surface area contributed by atoms with Crippen LogP contribution in [-0.2, 0) is 28.7 Å². The number of pyridine rings is 1. The number of benzene rings is 1. The highest BCUT2D eigenvalue weighted by atomic mass is 16.6. The van der Waals surface area contributed by atoms with Gasteiger partial charge in [-0.25, -0.2) is 5.43 Å². The van der Waals surface area contributed by atoms with Gasteiger partial charge in [0.05, 0.1) is 18.0 Å². The van der Waals surface area contributed by atoms with E-state index < -0.39 is 47.6 Å². The summed E-state index contributed by atoms with van der Waals surface area (Å²) in [6, 6.07) is 6.14. The SMILES string of the molecule is C=Cc1cc2cc([C@@H](C)OC(=O)[C@@H]3CCCN(C(=O)[C@H](C)NC(=O)[C@@H](CC(=O)OC(C)(C)C)C(C)C)N3)ccc2cn1. The summed E-state index contributed by atoms with van der Waals surface area (Å²) >= 11 is 0. The summed E-state index contributed by atoms with van der Waals surface area (Å²) in [4.78, 5) is 56.0. The Morgan fingerprint density at radius 2 is 1.86 bits per heavy atom. The first-order chi connectivity index (χ1) is 19.7. The smallest absolute Gasteiger partial charge is 0.325 e. The molecule has 2 heterocycles. The van der Waals surface area contributed by atoms with E-state index in [4.69, 9.17) is 9.47 Å². The van der Waals surface area contributed by atoms with Crippen molar-refractivity contribution < 1.29 is 28.7 Å². The molecule has 3 rings (SSSR count). The topological polar surface area (TPSA) is 127 Å². The van der Waals surface area contributed by atoms with Gasteiger partial charge in [0.2, 0.25) is 5.91 Å². The molecular formula is C32H44N4O6. The predicted molar refractivity (Wildman–Crippen MR) is 161 cm³/mol. The minimum atomic E-state index is -0.869. The van der Waals surface area contributed by atoms with Crippen LogP contribution in [0.5, 0.6) is 0 Å². The molecule has 42 heavy (non-hydrogen) atoms. The Bertz CT molecular complexity index is 1320. The van der Waals surface area contributed by atoms with E-state index >= 15 is 0 Å². The lowest BCUT2D eigenvalue weighted by Crippen LogP contribution is -2.59. The minimum absolute atomic E-state index is 0.0841. The van der Waals surface area contributed by atoms with Crippen LogP contribution in [-0.4, -0.2) is 58.0 Å². The maximum absolute atomic E-state index is 13.2. The van der Waals surface area contributed by atoms with E-state index in [1.807, 2.05) is 38.1 Å². The van der Waals surface area contributed by atoms with Gasteiger partial charge in [-0.05, 0) is 82.5 Å². The predicted octanol–water partition coefficient (Wildman–Crippen LogP) is 4.49. The number of hydrogen-bond donors (Lipinski definition) is 2. The summed E-state index contributed by atoms with van der Waals surface area (Å²) < 4.78 is 11.2. The third-order valence-corrected chi connectivity index (χ3v) is 7.15. The number of fused-ring (bicyclic) bond motifs is 1. The zero-order valence-corrected chi connectivity index (χ0v) is 25.7. The van der Waals surface area contributed by atoms with Crippen LogP contribution >= 0.6 is 0 Å². The molecule has 1 aromatic heterocycles. The van der Waals surface area contributed by atoms with Gasteiger partial charge in [0.15, 0.2) is 0 Å². The Balaban J connectivity index is 1.58. The molecule has 4 atom stereocenters. The Kier molecular flexibility index (Phi) is 10.8. The molecule has 1 saturated heterocycles. The highest BCUT2D eigenvalue weighted by Crippen LogP contribution is 2.24. The van der Waals surface area contributed by atoms with Crippen molar-refractivity contribution in [3.8, 4) is 0 Å². The normalized spacial score (nSPS) is 17.7. The lowest BCUT2D eigenvalue weighted by molar-refractivity contribution is -0.158. The number of rotatable bonds is 10. The van der Waals surface area contributed by atoms with E-state index in [1.165, 1.54) is 5.01 Å². The van der Waals surface area contributed by atoms with Gasteiger partial charge in [0.25, 0.3) is 5.91 Å². The first kappa shape index (κ1) is 32.7. The second-order valence-electron chi connectivity index (χ2n) is 12.2. The molecule has 2 amide bonds. The number of hydrogen-bond acceptors (Lipinski definition) is 8. The van der Waals surface area contributed by atoms with Crippen molar-refractivity contribution in [1.29, 1.82) is 0 Å². The number of esters is 2. The van der Waals surface area contributed by atoms with Crippen LogP contribution in [0, 0.1) is 11.8 Å². The van der Waals surface area contributed by atoms with Crippen molar-refractivity contribution in [2.24, 2.45) is 11.8 Å². The lowest BCUT2D eigenvalue weighted by atomic mass is 9.91. The summed E-state index contributed by atoms with van der Waals surface area (Å²) in [6.07, 6.45) is 3.96. The molecule has 0 bridgehead atoms. The number of amides is 2. The molecule has 2 N–H and O–H groups in total. The molecule has 2 aromatic rings. The molecule has 0 unspecified atom stereocenters. The summed E-state index contributed by atoms with van der Waals surface area (Å²) in [5.74, 6) is -2.50. The third-order valence-electron chi connectivity index (χ3n) is 7.15. The van der Waals surface area contributed by atoms with Gasteiger partial charge in [-0.3, -0.25) is 29.2 Å². The van der Waals surface area contributed by atoms with Gasteiger partial charge >= 0.3 is 11.9 Å². The zero-order valence-electron chi connectivity index (χ0n) is 25.7. The van der Waals surface area contributed by atoms with E-state index in [-0.39, 0.29) is 18.2 Å². The Labute approximate surface area is 248 Å². The fourth-order valence-electron chi connectivity index (χ4n) is 4.79. The van der Waals surface area contributed by atoms with Crippen molar-refractivity contribution in [2.75, 3.05) is 6.54 Å². The molecule has 1 aliphatic heterocycles. The number of carbonyl (C=O) groups excluding carboxylic acids is 4. The van der Waals surface area contributed by atoms with E-state index in [1.54, 1.807) is 46.9 Å². The van der Waals surface area contributed by atoms with Gasteiger partial charge in [-0.2, -0.15) is 0 Å². The maximum atomic E-state index is 13.2. The van der Waals surface area contributed by atoms with Gasteiger partial charge in [-0.1, -0.05) is 32.6 Å².